The highest BCUT2D eigenvalue weighted by atomic mass is 79.9. The Bertz CT molecular complexity index is 1020. The number of ether oxygens (including phenoxy) is 1. The van der Waals surface area contributed by atoms with Crippen molar-refractivity contribution < 1.29 is 14.2 Å². The van der Waals surface area contributed by atoms with Crippen LogP contribution >= 0.6 is 15.9 Å². The standard InChI is InChI=1S/C20H24BrFN6O2/c1-30-16-9-12(21)8-14(10-16)24-18-17-19(28(7-6-22)11-23-17)27-20(26-18)25-13-2-4-15(29)5-3-13/h8-11,13,15,29H,2-7H2,1H3,(H2,24,25,26,27). The van der Waals surface area contributed by atoms with Crippen molar-refractivity contribution in [1.82, 2.24) is 19.5 Å². The molecule has 0 amide bonds. The van der Waals surface area contributed by atoms with Crippen molar-refractivity contribution in [3.05, 3.63) is 29.0 Å². The molecule has 1 aliphatic rings. The van der Waals surface area contributed by atoms with Crippen LogP contribution in [0.25, 0.3) is 11.2 Å². The van der Waals surface area contributed by atoms with Crippen LogP contribution in [0, 0.1) is 0 Å². The lowest BCUT2D eigenvalue weighted by Gasteiger charge is -2.26. The average molecular weight is 479 g/mol. The highest BCUT2D eigenvalue weighted by molar-refractivity contribution is 9.10. The van der Waals surface area contributed by atoms with Gasteiger partial charge in [-0.05, 0) is 37.8 Å². The molecule has 3 aromatic rings. The maximum Gasteiger partial charge on any atom is 0.227 e. The molecule has 160 valence electrons. The number of fused-ring (bicyclic) bond motifs is 1. The summed E-state index contributed by atoms with van der Waals surface area (Å²) in [5.74, 6) is 1.67. The molecule has 1 aromatic carbocycles. The van der Waals surface area contributed by atoms with Crippen molar-refractivity contribution >= 4 is 44.5 Å². The zero-order valence-corrected chi connectivity index (χ0v) is 18.2. The van der Waals surface area contributed by atoms with Crippen molar-refractivity contribution in [2.75, 3.05) is 24.4 Å². The molecule has 4 rings (SSSR count). The zero-order valence-electron chi connectivity index (χ0n) is 16.6. The molecule has 30 heavy (non-hydrogen) atoms. The molecule has 0 spiro atoms. The van der Waals surface area contributed by atoms with Crippen LogP contribution in [0.1, 0.15) is 25.7 Å². The van der Waals surface area contributed by atoms with Crippen LogP contribution in [0.5, 0.6) is 5.75 Å². The number of alkyl halides is 1. The SMILES string of the molecule is COc1cc(Br)cc(Nc2nc(NC3CCC(O)CC3)nc3c2ncn3CCF)c1. The minimum atomic E-state index is -0.510. The Balaban J connectivity index is 1.69. The van der Waals surface area contributed by atoms with E-state index in [2.05, 4.69) is 41.5 Å². The van der Waals surface area contributed by atoms with Gasteiger partial charge in [0.15, 0.2) is 17.0 Å². The Morgan fingerprint density at radius 3 is 2.77 bits per heavy atom. The van der Waals surface area contributed by atoms with E-state index >= 15 is 0 Å². The van der Waals surface area contributed by atoms with Gasteiger partial charge < -0.3 is 25.0 Å². The van der Waals surface area contributed by atoms with E-state index in [-0.39, 0.29) is 18.7 Å². The van der Waals surface area contributed by atoms with E-state index in [1.807, 2.05) is 18.2 Å². The Kier molecular flexibility index (Phi) is 6.33. The number of nitrogens with zero attached hydrogens (tertiary/aromatic N) is 4. The summed E-state index contributed by atoms with van der Waals surface area (Å²) >= 11 is 3.48. The number of methoxy groups -OCH3 is 1. The van der Waals surface area contributed by atoms with Gasteiger partial charge in [-0.3, -0.25) is 0 Å². The van der Waals surface area contributed by atoms with Gasteiger partial charge in [-0.15, -0.1) is 0 Å². The van der Waals surface area contributed by atoms with Gasteiger partial charge in [0.05, 0.1) is 26.1 Å². The number of benzene rings is 1. The van der Waals surface area contributed by atoms with Gasteiger partial charge in [0, 0.05) is 22.3 Å². The summed E-state index contributed by atoms with van der Waals surface area (Å²) in [7, 11) is 1.61. The summed E-state index contributed by atoms with van der Waals surface area (Å²) in [6.45, 7) is -0.336. The van der Waals surface area contributed by atoms with Gasteiger partial charge in [-0.1, -0.05) is 15.9 Å². The molecule has 0 aliphatic heterocycles. The van der Waals surface area contributed by atoms with E-state index in [0.717, 1.165) is 35.8 Å². The van der Waals surface area contributed by atoms with E-state index in [9.17, 15) is 9.50 Å². The Morgan fingerprint density at radius 2 is 2.03 bits per heavy atom. The number of imidazole rings is 1. The molecule has 0 atom stereocenters. The van der Waals surface area contributed by atoms with Crippen LogP contribution in [-0.2, 0) is 6.54 Å². The molecule has 10 heteroatoms. The Morgan fingerprint density at radius 1 is 1.23 bits per heavy atom. The number of hydrogen-bond donors (Lipinski definition) is 3. The van der Waals surface area contributed by atoms with E-state index in [0.29, 0.717) is 28.7 Å². The summed E-state index contributed by atoms with van der Waals surface area (Å²) in [6, 6.07) is 5.81. The second kappa shape index (κ2) is 9.13. The smallest absolute Gasteiger partial charge is 0.227 e. The minimum absolute atomic E-state index is 0.173. The number of halogens is 2. The maximum absolute atomic E-state index is 13.0. The van der Waals surface area contributed by atoms with Crippen LogP contribution in [0.2, 0.25) is 0 Å². The number of aliphatic hydroxyl groups excluding tert-OH is 1. The normalized spacial score (nSPS) is 19.1. The minimum Gasteiger partial charge on any atom is -0.497 e. The summed E-state index contributed by atoms with van der Waals surface area (Å²) in [6.07, 6.45) is 4.54. The highest BCUT2D eigenvalue weighted by Crippen LogP contribution is 2.30. The Labute approximate surface area is 182 Å². The largest absolute Gasteiger partial charge is 0.497 e. The zero-order chi connectivity index (χ0) is 21.1. The number of aliphatic hydroxyl groups is 1. The number of anilines is 3. The molecule has 1 fully saturated rings. The fourth-order valence-electron chi connectivity index (χ4n) is 3.64. The van der Waals surface area contributed by atoms with Crippen molar-refractivity contribution in [1.29, 1.82) is 0 Å². The van der Waals surface area contributed by atoms with Gasteiger partial charge in [0.25, 0.3) is 0 Å². The van der Waals surface area contributed by atoms with Crippen LogP contribution in [0.4, 0.5) is 21.8 Å². The van der Waals surface area contributed by atoms with E-state index in [1.165, 1.54) is 0 Å². The fourth-order valence-corrected chi connectivity index (χ4v) is 4.12. The van der Waals surface area contributed by atoms with E-state index in [1.54, 1.807) is 18.0 Å². The van der Waals surface area contributed by atoms with Crippen molar-refractivity contribution in [3.8, 4) is 5.75 Å². The average Bonchev–Trinajstić information content (AvgIpc) is 3.13. The fraction of sp³-hybridized carbons (Fsp3) is 0.450. The van der Waals surface area contributed by atoms with E-state index < -0.39 is 6.67 Å². The van der Waals surface area contributed by atoms with Crippen LogP contribution in [-0.4, -0.2) is 50.6 Å². The van der Waals surface area contributed by atoms with Crippen molar-refractivity contribution in [2.45, 2.75) is 44.4 Å². The second-order valence-corrected chi connectivity index (χ2v) is 8.27. The quantitative estimate of drug-likeness (QED) is 0.471. The molecule has 8 nitrogen and oxygen atoms in total. The number of aromatic nitrogens is 4. The molecule has 1 aliphatic carbocycles. The van der Waals surface area contributed by atoms with Crippen molar-refractivity contribution in [2.24, 2.45) is 0 Å². The lowest BCUT2D eigenvalue weighted by atomic mass is 9.93. The van der Waals surface area contributed by atoms with Crippen LogP contribution in [0.3, 0.4) is 0 Å². The van der Waals surface area contributed by atoms with Gasteiger partial charge in [-0.25, -0.2) is 9.37 Å². The third kappa shape index (κ3) is 4.65. The maximum atomic E-state index is 13.0. The van der Waals surface area contributed by atoms with Crippen LogP contribution in [0.15, 0.2) is 29.0 Å². The monoisotopic (exact) mass is 478 g/mol. The first-order chi connectivity index (χ1) is 14.6. The van der Waals surface area contributed by atoms with Crippen molar-refractivity contribution in [3.63, 3.8) is 0 Å². The molecule has 3 N–H and O–H groups in total. The first kappa shape index (κ1) is 20.8. The summed E-state index contributed by atoms with van der Waals surface area (Å²) < 4.78 is 20.9. The molecular weight excluding hydrogens is 455 g/mol. The summed E-state index contributed by atoms with van der Waals surface area (Å²) in [4.78, 5) is 13.6. The predicted octanol–water partition coefficient (Wildman–Crippen LogP) is 4.03. The summed E-state index contributed by atoms with van der Waals surface area (Å²) in [5.41, 5.74) is 1.89. The number of aryl methyl sites for hydroxylation is 1. The summed E-state index contributed by atoms with van der Waals surface area (Å²) in [5, 5.41) is 16.4. The molecule has 2 aromatic heterocycles. The second-order valence-electron chi connectivity index (χ2n) is 7.35. The first-order valence-electron chi connectivity index (χ1n) is 9.90. The predicted molar refractivity (Wildman–Crippen MR) is 117 cm³/mol. The number of hydrogen-bond acceptors (Lipinski definition) is 7. The molecule has 2 heterocycles. The van der Waals surface area contributed by atoms with Crippen LogP contribution < -0.4 is 15.4 Å². The molecule has 1 saturated carbocycles. The lowest BCUT2D eigenvalue weighted by Crippen LogP contribution is -2.29. The third-order valence-electron chi connectivity index (χ3n) is 5.19. The number of rotatable bonds is 7. The topological polar surface area (TPSA) is 97.1 Å². The first-order valence-corrected chi connectivity index (χ1v) is 10.7. The molecule has 0 saturated heterocycles. The molecule has 0 radical (unpaired) electrons. The number of nitrogens with one attached hydrogen (secondary N) is 2. The third-order valence-corrected chi connectivity index (χ3v) is 5.65. The molecular formula is C20H24BrFN6O2. The van der Waals surface area contributed by atoms with Gasteiger partial charge in [0.2, 0.25) is 5.95 Å². The molecule has 0 unspecified atom stereocenters. The van der Waals surface area contributed by atoms with Gasteiger partial charge in [-0.2, -0.15) is 9.97 Å². The lowest BCUT2D eigenvalue weighted by molar-refractivity contribution is 0.126. The van der Waals surface area contributed by atoms with Gasteiger partial charge in [0.1, 0.15) is 12.4 Å². The van der Waals surface area contributed by atoms with Gasteiger partial charge >= 0.3 is 0 Å². The molecule has 0 bridgehead atoms. The van der Waals surface area contributed by atoms with E-state index in [4.69, 9.17) is 4.74 Å². The highest BCUT2D eigenvalue weighted by Gasteiger charge is 2.21. The Hall–Kier alpha value is -2.46.